The van der Waals surface area contributed by atoms with Crippen LogP contribution in [-0.4, -0.2) is 49.3 Å². The van der Waals surface area contributed by atoms with E-state index in [4.69, 9.17) is 24.3 Å². The molecule has 0 saturated heterocycles. The van der Waals surface area contributed by atoms with Crippen molar-refractivity contribution in [1.82, 2.24) is 0 Å². The van der Waals surface area contributed by atoms with Gasteiger partial charge in [0.05, 0.1) is 13.2 Å². The SMILES string of the molecule is CC/C=C\C/C=C\C/C=C\C/C=C\C/C=C\C/C=C\CCCCCCCCCCCCCCCCCCCCCCCCC(=O)OC(COC(=O)CCCCCCCCCCCCCCCCCCCCCCCCCCCC)COP(=O)(O)OCCN. The van der Waals surface area contributed by atoms with E-state index < -0.39 is 26.5 Å². The molecule has 2 unspecified atom stereocenters. The van der Waals surface area contributed by atoms with Crippen LogP contribution in [0.15, 0.2) is 72.9 Å². The van der Waals surface area contributed by atoms with Crippen LogP contribution in [0.1, 0.15) is 380 Å². The third-order valence-corrected chi connectivity index (χ3v) is 17.8. The summed E-state index contributed by atoms with van der Waals surface area (Å²) in [5, 5.41) is 0. The molecule has 0 aromatic carbocycles. The second-order valence-electron chi connectivity index (χ2n) is 25.5. The van der Waals surface area contributed by atoms with Crippen molar-refractivity contribution in [2.45, 2.75) is 386 Å². The van der Waals surface area contributed by atoms with Gasteiger partial charge in [-0.3, -0.25) is 18.6 Å². The van der Waals surface area contributed by atoms with Gasteiger partial charge in [-0.15, -0.1) is 0 Å². The van der Waals surface area contributed by atoms with E-state index in [-0.39, 0.29) is 38.6 Å². The van der Waals surface area contributed by atoms with Crippen molar-refractivity contribution in [3.8, 4) is 0 Å². The molecule has 3 N–H and O–H groups in total. The van der Waals surface area contributed by atoms with Gasteiger partial charge in [0.2, 0.25) is 0 Å². The summed E-state index contributed by atoms with van der Waals surface area (Å²) < 4.78 is 33.2. The summed E-state index contributed by atoms with van der Waals surface area (Å²) >= 11 is 0. The number of hydrogen-bond donors (Lipinski definition) is 2. The minimum atomic E-state index is -4.39. The Morgan fingerprint density at radius 1 is 0.352 bits per heavy atom. The minimum absolute atomic E-state index is 0.0554. The number of allylic oxidation sites excluding steroid dienone is 12. The summed E-state index contributed by atoms with van der Waals surface area (Å²) in [5.41, 5.74) is 5.41. The quantitative estimate of drug-likeness (QED) is 0.0264. The molecule has 0 heterocycles. The van der Waals surface area contributed by atoms with E-state index in [0.717, 1.165) is 70.6 Å². The van der Waals surface area contributed by atoms with E-state index in [2.05, 4.69) is 86.8 Å². The summed E-state index contributed by atoms with van der Waals surface area (Å²) in [6, 6.07) is 0. The number of carbonyl (C=O) groups excluding carboxylic acids is 2. The van der Waals surface area contributed by atoms with E-state index in [1.807, 2.05) is 0 Å². The lowest BCUT2D eigenvalue weighted by Crippen LogP contribution is -2.29. The topological polar surface area (TPSA) is 134 Å². The molecule has 0 rings (SSSR count). The predicted molar refractivity (Wildman–Crippen MR) is 381 cm³/mol. The predicted octanol–water partition coefficient (Wildman–Crippen LogP) is 25.1. The number of esters is 2. The van der Waals surface area contributed by atoms with Gasteiger partial charge in [-0.2, -0.15) is 0 Å². The van der Waals surface area contributed by atoms with Crippen molar-refractivity contribution in [3.05, 3.63) is 72.9 Å². The molecule has 0 aromatic heterocycles. The molecule has 514 valence electrons. The highest BCUT2D eigenvalue weighted by Gasteiger charge is 2.26. The fourth-order valence-corrected chi connectivity index (χ4v) is 12.1. The Bertz CT molecular complexity index is 1670. The van der Waals surface area contributed by atoms with Gasteiger partial charge in [0, 0.05) is 19.4 Å². The lowest BCUT2D eigenvalue weighted by Gasteiger charge is -2.19. The third kappa shape index (κ3) is 72.5. The Labute approximate surface area is 545 Å². The van der Waals surface area contributed by atoms with Crippen LogP contribution in [0.2, 0.25) is 0 Å². The molecule has 88 heavy (non-hydrogen) atoms. The number of unbranched alkanes of at least 4 members (excludes halogenated alkanes) is 47. The molecule has 10 heteroatoms. The van der Waals surface area contributed by atoms with Crippen molar-refractivity contribution in [1.29, 1.82) is 0 Å². The van der Waals surface area contributed by atoms with Crippen LogP contribution in [0.4, 0.5) is 0 Å². The van der Waals surface area contributed by atoms with Gasteiger partial charge in [0.15, 0.2) is 6.10 Å². The molecular formula is C78H144NO8P. The minimum Gasteiger partial charge on any atom is -0.462 e. The lowest BCUT2D eigenvalue weighted by molar-refractivity contribution is -0.161. The summed E-state index contributed by atoms with van der Waals surface area (Å²) in [4.78, 5) is 35.4. The number of phosphoric acid groups is 1. The van der Waals surface area contributed by atoms with Crippen LogP contribution in [0.3, 0.4) is 0 Å². The maximum absolute atomic E-state index is 12.8. The number of ether oxygens (including phenoxy) is 2. The molecule has 2 atom stereocenters. The standard InChI is InChI=1S/C78H144NO8P/c1-3-5-7-9-11-13-15-17-19-21-23-25-27-29-31-32-33-34-35-36-37-38-39-40-41-42-43-44-45-47-49-51-53-55-57-59-61-63-65-67-69-71-78(81)87-76(75-86-88(82,83)85-73-72-79)74-84-77(80)70-68-66-64-62-60-58-56-54-52-50-48-46-30-28-26-24-22-20-18-16-14-12-10-8-6-4-2/h5,7,11,13,17,19,23,25,29,31,33-34,76H,3-4,6,8-10,12,14-16,18,20-22,24,26-28,30,32,35-75,79H2,1-2H3,(H,82,83)/b7-5-,13-11-,19-17-,25-23-,31-29-,34-33-. The number of rotatable bonds is 72. The largest absolute Gasteiger partial charge is 0.472 e. The Morgan fingerprint density at radius 3 is 0.932 bits per heavy atom. The van der Waals surface area contributed by atoms with E-state index in [1.54, 1.807) is 0 Å². The fourth-order valence-electron chi connectivity index (χ4n) is 11.3. The highest BCUT2D eigenvalue weighted by Crippen LogP contribution is 2.43. The smallest absolute Gasteiger partial charge is 0.462 e. The molecule has 0 bridgehead atoms. The molecule has 0 spiro atoms. The molecule has 0 aliphatic rings. The first-order valence-corrected chi connectivity index (χ1v) is 39.4. The first kappa shape index (κ1) is 85.5. The van der Waals surface area contributed by atoms with Crippen LogP contribution in [0.5, 0.6) is 0 Å². The van der Waals surface area contributed by atoms with Gasteiger partial charge in [-0.05, 0) is 64.2 Å². The first-order chi connectivity index (χ1) is 43.3. The normalized spacial score (nSPS) is 13.3. The average molecular weight is 1250 g/mol. The zero-order chi connectivity index (χ0) is 63.7. The average Bonchev–Trinajstić information content (AvgIpc) is 3.52. The van der Waals surface area contributed by atoms with Crippen LogP contribution < -0.4 is 5.73 Å². The Morgan fingerprint density at radius 2 is 0.625 bits per heavy atom. The lowest BCUT2D eigenvalue weighted by atomic mass is 10.0. The molecular weight excluding hydrogens is 1110 g/mol. The summed E-state index contributed by atoms with van der Waals surface area (Å²) in [5.74, 6) is -0.805. The molecule has 9 nitrogen and oxygen atoms in total. The van der Waals surface area contributed by atoms with Crippen molar-refractivity contribution >= 4 is 19.8 Å². The second-order valence-corrected chi connectivity index (χ2v) is 27.0. The van der Waals surface area contributed by atoms with Gasteiger partial charge >= 0.3 is 19.8 Å². The molecule has 0 radical (unpaired) electrons. The van der Waals surface area contributed by atoms with Gasteiger partial charge < -0.3 is 20.1 Å². The Balaban J connectivity index is 3.78. The van der Waals surface area contributed by atoms with Gasteiger partial charge in [-0.1, -0.05) is 376 Å². The Kier molecular flexibility index (Phi) is 71.4. The first-order valence-electron chi connectivity index (χ1n) is 37.9. The summed E-state index contributed by atoms with van der Waals surface area (Å²) in [7, 11) is -4.39. The van der Waals surface area contributed by atoms with Gasteiger partial charge in [0.1, 0.15) is 6.61 Å². The number of carbonyl (C=O) groups is 2. The van der Waals surface area contributed by atoms with E-state index in [9.17, 15) is 19.0 Å². The van der Waals surface area contributed by atoms with E-state index >= 15 is 0 Å². The molecule has 0 aliphatic heterocycles. The zero-order valence-corrected chi connectivity index (χ0v) is 58.9. The monoisotopic (exact) mass is 1250 g/mol. The van der Waals surface area contributed by atoms with Gasteiger partial charge in [0.25, 0.3) is 0 Å². The molecule has 0 aliphatic carbocycles. The number of nitrogens with two attached hydrogens (primary N) is 1. The molecule has 0 amide bonds. The number of hydrogen-bond acceptors (Lipinski definition) is 8. The highest BCUT2D eigenvalue weighted by molar-refractivity contribution is 7.47. The van der Waals surface area contributed by atoms with Crippen LogP contribution in [0, 0.1) is 0 Å². The van der Waals surface area contributed by atoms with Crippen molar-refractivity contribution in [3.63, 3.8) is 0 Å². The van der Waals surface area contributed by atoms with Gasteiger partial charge in [-0.25, -0.2) is 4.57 Å². The highest BCUT2D eigenvalue weighted by atomic mass is 31.2. The summed E-state index contributed by atoms with van der Waals surface area (Å²) in [6.07, 6.45) is 97.4. The zero-order valence-electron chi connectivity index (χ0n) is 58.0. The van der Waals surface area contributed by atoms with Crippen LogP contribution >= 0.6 is 7.82 Å². The third-order valence-electron chi connectivity index (χ3n) is 16.9. The van der Waals surface area contributed by atoms with Crippen molar-refractivity contribution in [2.75, 3.05) is 26.4 Å². The van der Waals surface area contributed by atoms with Crippen molar-refractivity contribution < 1.29 is 37.6 Å². The number of phosphoric ester groups is 1. The van der Waals surface area contributed by atoms with Crippen LogP contribution in [0.25, 0.3) is 0 Å². The molecule has 0 aromatic rings. The molecule has 0 saturated carbocycles. The Hall–Kier alpha value is -2.55. The van der Waals surface area contributed by atoms with Crippen molar-refractivity contribution in [2.24, 2.45) is 5.73 Å². The summed E-state index contributed by atoms with van der Waals surface area (Å²) in [6.45, 7) is 3.70. The second kappa shape index (κ2) is 73.5. The maximum atomic E-state index is 12.8. The molecule has 0 fully saturated rings. The van der Waals surface area contributed by atoms with E-state index in [1.165, 1.54) is 276 Å². The van der Waals surface area contributed by atoms with Crippen LogP contribution in [-0.2, 0) is 32.7 Å². The fraction of sp³-hybridized carbons (Fsp3) is 0.821. The maximum Gasteiger partial charge on any atom is 0.472 e. The van der Waals surface area contributed by atoms with E-state index in [0.29, 0.717) is 6.42 Å².